The number of nitrogens with two attached hydrogens (primary N) is 1. The highest BCUT2D eigenvalue weighted by Crippen LogP contribution is 2.28. The molecule has 1 fully saturated rings. The fourth-order valence-corrected chi connectivity index (χ4v) is 5.11. The highest BCUT2D eigenvalue weighted by Gasteiger charge is 2.27. The molecule has 2 aromatic rings. The minimum Gasteiger partial charge on any atom is -0.398 e. The first kappa shape index (κ1) is 14.6. The maximum Gasteiger partial charge on any atom is 0.245 e. The zero-order valence-corrected chi connectivity index (χ0v) is 13.2. The van der Waals surface area contributed by atoms with E-state index in [9.17, 15) is 8.42 Å². The van der Waals surface area contributed by atoms with Gasteiger partial charge in [-0.1, -0.05) is 0 Å². The van der Waals surface area contributed by atoms with Gasteiger partial charge in [-0.15, -0.1) is 0 Å². The van der Waals surface area contributed by atoms with Gasteiger partial charge in [0.05, 0.1) is 5.52 Å². The summed E-state index contributed by atoms with van der Waals surface area (Å²) in [6.45, 7) is 1.11. The smallest absolute Gasteiger partial charge is 0.245 e. The first-order valence-electron chi connectivity index (χ1n) is 6.82. The van der Waals surface area contributed by atoms with E-state index in [1.807, 2.05) is 0 Å². The van der Waals surface area contributed by atoms with Crippen LogP contribution >= 0.6 is 11.8 Å². The van der Waals surface area contributed by atoms with Crippen molar-refractivity contribution in [1.29, 1.82) is 0 Å². The van der Waals surface area contributed by atoms with E-state index in [-0.39, 0.29) is 4.90 Å². The number of aromatic nitrogens is 1. The number of anilines is 1. The van der Waals surface area contributed by atoms with Crippen molar-refractivity contribution in [3.8, 4) is 0 Å². The van der Waals surface area contributed by atoms with Crippen LogP contribution in [0.5, 0.6) is 0 Å². The van der Waals surface area contributed by atoms with Crippen LogP contribution in [0.15, 0.2) is 35.4 Å². The molecule has 0 spiro atoms. The molecule has 1 aromatic carbocycles. The molecule has 3 rings (SSSR count). The molecule has 1 aliphatic rings. The topological polar surface area (TPSA) is 76.3 Å². The molecule has 112 valence electrons. The van der Waals surface area contributed by atoms with Crippen molar-refractivity contribution in [3.63, 3.8) is 0 Å². The normalized spacial score (nSPS) is 17.7. The maximum absolute atomic E-state index is 12.9. The van der Waals surface area contributed by atoms with Crippen LogP contribution in [0.3, 0.4) is 0 Å². The second-order valence-electron chi connectivity index (χ2n) is 4.92. The maximum atomic E-state index is 12.9. The Bertz CT molecular complexity index is 754. The number of sulfonamides is 1. The van der Waals surface area contributed by atoms with Gasteiger partial charge in [-0.25, -0.2) is 8.42 Å². The molecule has 1 aliphatic heterocycles. The van der Waals surface area contributed by atoms with E-state index >= 15 is 0 Å². The van der Waals surface area contributed by atoms with Crippen molar-refractivity contribution in [2.24, 2.45) is 0 Å². The Labute approximate surface area is 128 Å². The Kier molecular flexibility index (Phi) is 4.05. The van der Waals surface area contributed by atoms with E-state index in [1.54, 1.807) is 46.5 Å². The van der Waals surface area contributed by atoms with E-state index in [0.717, 1.165) is 17.9 Å². The standard InChI is InChI=1S/C14H17N3O2S2/c15-12-4-5-13(14-11(12)3-1-6-16-14)21(18,19)17-7-2-9-20-10-8-17/h1,3-6H,2,7-10,15H2. The predicted octanol–water partition coefficient (Wildman–Crippen LogP) is 1.94. The highest BCUT2D eigenvalue weighted by molar-refractivity contribution is 7.99. The van der Waals surface area contributed by atoms with E-state index in [4.69, 9.17) is 5.73 Å². The van der Waals surface area contributed by atoms with Crippen molar-refractivity contribution >= 4 is 38.4 Å². The van der Waals surface area contributed by atoms with Gasteiger partial charge in [0, 0.05) is 36.1 Å². The van der Waals surface area contributed by atoms with Crippen molar-refractivity contribution in [2.75, 3.05) is 30.3 Å². The van der Waals surface area contributed by atoms with Crippen LogP contribution in [-0.4, -0.2) is 42.3 Å². The molecule has 1 saturated heterocycles. The number of hydrogen-bond acceptors (Lipinski definition) is 5. The van der Waals surface area contributed by atoms with Crippen molar-refractivity contribution in [2.45, 2.75) is 11.3 Å². The van der Waals surface area contributed by atoms with Crippen molar-refractivity contribution in [1.82, 2.24) is 9.29 Å². The van der Waals surface area contributed by atoms with Gasteiger partial charge in [-0.05, 0) is 36.4 Å². The summed E-state index contributed by atoms with van der Waals surface area (Å²) in [6.07, 6.45) is 2.48. The number of benzene rings is 1. The first-order chi connectivity index (χ1) is 10.1. The number of hydrogen-bond donors (Lipinski definition) is 1. The minimum absolute atomic E-state index is 0.249. The van der Waals surface area contributed by atoms with Gasteiger partial charge in [-0.3, -0.25) is 4.98 Å². The molecule has 0 amide bonds. The Balaban J connectivity index is 2.12. The lowest BCUT2D eigenvalue weighted by Gasteiger charge is -2.20. The second-order valence-corrected chi connectivity index (χ2v) is 8.05. The molecular weight excluding hydrogens is 306 g/mol. The SMILES string of the molecule is Nc1ccc(S(=O)(=O)N2CCCSCC2)c2ncccc12. The average Bonchev–Trinajstić information content (AvgIpc) is 2.77. The van der Waals surface area contributed by atoms with Gasteiger partial charge in [0.15, 0.2) is 0 Å². The van der Waals surface area contributed by atoms with Crippen LogP contribution in [0.4, 0.5) is 5.69 Å². The van der Waals surface area contributed by atoms with Crippen LogP contribution in [0.25, 0.3) is 10.9 Å². The third-order valence-corrected chi connectivity index (χ3v) is 6.54. The number of pyridine rings is 1. The van der Waals surface area contributed by atoms with E-state index in [2.05, 4.69) is 4.98 Å². The van der Waals surface area contributed by atoms with Gasteiger partial charge in [0.2, 0.25) is 10.0 Å². The molecule has 7 heteroatoms. The first-order valence-corrected chi connectivity index (χ1v) is 9.41. The molecule has 0 atom stereocenters. The molecule has 0 unspecified atom stereocenters. The Morgan fingerprint density at radius 2 is 2.05 bits per heavy atom. The monoisotopic (exact) mass is 323 g/mol. The quantitative estimate of drug-likeness (QED) is 0.855. The molecule has 2 N–H and O–H groups in total. The summed E-state index contributed by atoms with van der Waals surface area (Å²) in [6, 6.07) is 6.77. The molecule has 1 aromatic heterocycles. The molecular formula is C14H17N3O2S2. The summed E-state index contributed by atoms with van der Waals surface area (Å²) < 4.78 is 27.4. The third-order valence-electron chi connectivity index (χ3n) is 3.57. The Hall–Kier alpha value is -1.31. The molecule has 0 bridgehead atoms. The Morgan fingerprint density at radius 3 is 2.90 bits per heavy atom. The van der Waals surface area contributed by atoms with Gasteiger partial charge in [0.1, 0.15) is 4.90 Å². The van der Waals surface area contributed by atoms with Crippen LogP contribution < -0.4 is 5.73 Å². The molecule has 0 radical (unpaired) electrons. The number of rotatable bonds is 2. The van der Waals surface area contributed by atoms with Crippen LogP contribution in [0, 0.1) is 0 Å². The van der Waals surface area contributed by atoms with E-state index in [0.29, 0.717) is 29.7 Å². The van der Waals surface area contributed by atoms with Gasteiger partial charge in [-0.2, -0.15) is 16.1 Å². The molecule has 0 aliphatic carbocycles. The van der Waals surface area contributed by atoms with Crippen molar-refractivity contribution in [3.05, 3.63) is 30.5 Å². The lowest BCUT2D eigenvalue weighted by atomic mass is 10.2. The average molecular weight is 323 g/mol. The van der Waals surface area contributed by atoms with Gasteiger partial charge >= 0.3 is 0 Å². The number of thioether (sulfide) groups is 1. The second kappa shape index (κ2) is 5.82. The van der Waals surface area contributed by atoms with Crippen LogP contribution in [-0.2, 0) is 10.0 Å². The summed E-state index contributed by atoms with van der Waals surface area (Å²) in [5, 5.41) is 0.683. The predicted molar refractivity (Wildman–Crippen MR) is 86.9 cm³/mol. The zero-order chi connectivity index (χ0) is 14.9. The van der Waals surface area contributed by atoms with Crippen molar-refractivity contribution < 1.29 is 8.42 Å². The molecule has 0 saturated carbocycles. The molecule has 5 nitrogen and oxygen atoms in total. The van der Waals surface area contributed by atoms with E-state index in [1.165, 1.54) is 0 Å². The Morgan fingerprint density at radius 1 is 1.19 bits per heavy atom. The van der Waals surface area contributed by atoms with Crippen LogP contribution in [0.2, 0.25) is 0 Å². The number of nitrogens with zero attached hydrogens (tertiary/aromatic N) is 2. The number of fused-ring (bicyclic) bond motifs is 1. The summed E-state index contributed by atoms with van der Waals surface area (Å²) in [5.74, 6) is 1.84. The lowest BCUT2D eigenvalue weighted by molar-refractivity contribution is 0.435. The van der Waals surface area contributed by atoms with E-state index < -0.39 is 10.0 Å². The molecule has 2 heterocycles. The van der Waals surface area contributed by atoms with Gasteiger partial charge in [0.25, 0.3) is 0 Å². The summed E-state index contributed by atoms with van der Waals surface area (Å²) in [7, 11) is -3.53. The van der Waals surface area contributed by atoms with Crippen LogP contribution in [0.1, 0.15) is 6.42 Å². The zero-order valence-electron chi connectivity index (χ0n) is 11.5. The largest absolute Gasteiger partial charge is 0.398 e. The highest BCUT2D eigenvalue weighted by atomic mass is 32.2. The third kappa shape index (κ3) is 2.73. The fraction of sp³-hybridized carbons (Fsp3) is 0.357. The molecule has 21 heavy (non-hydrogen) atoms. The summed E-state index contributed by atoms with van der Waals surface area (Å²) >= 11 is 1.80. The fourth-order valence-electron chi connectivity index (χ4n) is 2.48. The number of nitrogen functional groups attached to an aromatic ring is 1. The lowest BCUT2D eigenvalue weighted by Crippen LogP contribution is -2.33. The summed E-state index contributed by atoms with van der Waals surface area (Å²) in [4.78, 5) is 4.48. The van der Waals surface area contributed by atoms with Gasteiger partial charge < -0.3 is 5.73 Å². The summed E-state index contributed by atoms with van der Waals surface area (Å²) in [5.41, 5.74) is 6.92. The minimum atomic E-state index is -3.53.